The van der Waals surface area contributed by atoms with E-state index in [-0.39, 0.29) is 0 Å². The molecule has 1 aliphatic heterocycles. The van der Waals surface area contributed by atoms with Gasteiger partial charge in [0.1, 0.15) is 0 Å². The van der Waals surface area contributed by atoms with Gasteiger partial charge < -0.3 is 9.88 Å². The fourth-order valence-electron chi connectivity index (χ4n) is 5.70. The Morgan fingerprint density at radius 1 is 0.929 bits per heavy atom. The molecule has 3 aliphatic rings. The van der Waals surface area contributed by atoms with Gasteiger partial charge in [-0.15, -0.1) is 6.58 Å². The molecule has 0 spiro atoms. The number of rotatable bonds is 3. The zero-order valence-corrected chi connectivity index (χ0v) is 17.7. The van der Waals surface area contributed by atoms with Crippen LogP contribution in [-0.2, 0) is 0 Å². The summed E-state index contributed by atoms with van der Waals surface area (Å²) in [6.45, 7) is 9.29. The van der Waals surface area contributed by atoms with Crippen LogP contribution in [-0.4, -0.2) is 8.24 Å². The quantitative estimate of drug-likeness (QED) is 0.452. The fraction of sp³-hybridized carbons (Fsp3) is 0.280. The number of allylic oxidation sites excluding steroid dienone is 5. The van der Waals surface area contributed by atoms with Crippen molar-refractivity contribution in [2.75, 3.05) is 9.88 Å². The summed E-state index contributed by atoms with van der Waals surface area (Å²) in [5.74, 6) is 1.80. The van der Waals surface area contributed by atoms with Crippen molar-refractivity contribution in [3.63, 3.8) is 0 Å². The van der Waals surface area contributed by atoms with Gasteiger partial charge >= 0.3 is 0 Å². The van der Waals surface area contributed by atoms with E-state index in [1.54, 1.807) is 0 Å². The average molecular weight is 385 g/mol. The second kappa shape index (κ2) is 6.52. The number of nitrogens with one attached hydrogen (secondary N) is 1. The third-order valence-electron chi connectivity index (χ3n) is 7.05. The molecule has 1 N–H and O–H groups in total. The largest absolute Gasteiger partial charge is 0.366 e. The van der Waals surface area contributed by atoms with Crippen LogP contribution in [0.3, 0.4) is 0 Å². The van der Waals surface area contributed by atoms with Gasteiger partial charge in [-0.2, -0.15) is 0 Å². The fourth-order valence-corrected chi connectivity index (χ4v) is 9.79. The van der Waals surface area contributed by atoms with Crippen LogP contribution in [0.5, 0.6) is 0 Å². The van der Waals surface area contributed by atoms with E-state index in [0.29, 0.717) is 23.3 Å². The summed E-state index contributed by atoms with van der Waals surface area (Å²) in [6.07, 6.45) is 12.8. The maximum atomic E-state index is 4.17. The second-order valence-electron chi connectivity index (χ2n) is 8.81. The Morgan fingerprint density at radius 3 is 2.11 bits per heavy atom. The van der Waals surface area contributed by atoms with Crippen LogP contribution in [0.25, 0.3) is 0 Å². The van der Waals surface area contributed by atoms with Crippen molar-refractivity contribution in [1.29, 1.82) is 0 Å². The van der Waals surface area contributed by atoms with Gasteiger partial charge in [0, 0.05) is 0 Å². The van der Waals surface area contributed by atoms with Crippen LogP contribution in [0, 0.1) is 17.8 Å². The Morgan fingerprint density at radius 2 is 1.50 bits per heavy atom. The summed E-state index contributed by atoms with van der Waals surface area (Å²) >= 11 is 0. The van der Waals surface area contributed by atoms with Crippen molar-refractivity contribution in [1.82, 2.24) is 0 Å². The Kier molecular flexibility index (Phi) is 4.09. The minimum atomic E-state index is -1.88. The molecule has 0 amide bonds. The first-order chi connectivity index (χ1) is 13.6. The van der Waals surface area contributed by atoms with Crippen molar-refractivity contribution in [3.8, 4) is 0 Å². The average Bonchev–Trinajstić information content (AvgIpc) is 3.11. The normalized spacial score (nSPS) is 27.6. The van der Waals surface area contributed by atoms with Crippen LogP contribution in [0.4, 0.5) is 22.7 Å². The Hall–Kier alpha value is -2.52. The number of para-hydroxylation sites is 4. The van der Waals surface area contributed by atoms with Crippen molar-refractivity contribution in [3.05, 3.63) is 85.5 Å². The molecular formula is C25H28N2Si. The predicted molar refractivity (Wildman–Crippen MR) is 123 cm³/mol. The Bertz CT molecular complexity index is 929. The molecule has 2 aromatic rings. The number of nitrogens with zero attached hydrogens (tertiary/aromatic N) is 1. The molecule has 5 rings (SSSR count). The van der Waals surface area contributed by atoms with Crippen LogP contribution in [0.2, 0.25) is 18.6 Å². The second-order valence-corrected chi connectivity index (χ2v) is 13.3. The molecule has 1 fully saturated rings. The lowest BCUT2D eigenvalue weighted by atomic mass is 9.86. The summed E-state index contributed by atoms with van der Waals surface area (Å²) in [5, 5.41) is 3.65. The monoisotopic (exact) mass is 384 g/mol. The highest BCUT2D eigenvalue weighted by Crippen LogP contribution is 2.57. The van der Waals surface area contributed by atoms with Gasteiger partial charge in [0.25, 0.3) is 0 Å². The topological polar surface area (TPSA) is 15.3 Å². The molecule has 2 aliphatic carbocycles. The van der Waals surface area contributed by atoms with Gasteiger partial charge in [-0.05, 0) is 54.0 Å². The molecule has 4 atom stereocenters. The van der Waals surface area contributed by atoms with E-state index in [1.165, 1.54) is 29.2 Å². The molecule has 0 radical (unpaired) electrons. The highest BCUT2D eigenvalue weighted by atomic mass is 28.3. The molecule has 1 saturated carbocycles. The lowest BCUT2D eigenvalue weighted by molar-refractivity contribution is 0.485. The van der Waals surface area contributed by atoms with E-state index in [4.69, 9.17) is 0 Å². The van der Waals surface area contributed by atoms with Gasteiger partial charge in [-0.25, -0.2) is 0 Å². The van der Waals surface area contributed by atoms with Crippen molar-refractivity contribution in [2.24, 2.45) is 17.8 Å². The molecule has 1 heterocycles. The molecule has 0 saturated heterocycles. The van der Waals surface area contributed by atoms with E-state index in [2.05, 4.69) is 108 Å². The van der Waals surface area contributed by atoms with Crippen molar-refractivity contribution >= 4 is 31.0 Å². The molecule has 0 bridgehead atoms. The van der Waals surface area contributed by atoms with E-state index < -0.39 is 8.24 Å². The van der Waals surface area contributed by atoms with Crippen molar-refractivity contribution < 1.29 is 0 Å². The lowest BCUT2D eigenvalue weighted by Crippen LogP contribution is -2.52. The van der Waals surface area contributed by atoms with Gasteiger partial charge in [-0.3, -0.25) is 0 Å². The first kappa shape index (κ1) is 17.6. The molecule has 1 unspecified atom stereocenters. The Balaban J connectivity index is 1.63. The highest BCUT2D eigenvalue weighted by molar-refractivity contribution is 6.84. The third-order valence-corrected chi connectivity index (χ3v) is 11.1. The first-order valence-electron chi connectivity index (χ1n) is 10.3. The first-order valence-corrected chi connectivity index (χ1v) is 13.4. The number of hydrogen-bond acceptors (Lipinski definition) is 2. The summed E-state index contributed by atoms with van der Waals surface area (Å²) in [7, 11) is -1.88. The molecule has 142 valence electrons. The van der Waals surface area contributed by atoms with Crippen LogP contribution >= 0.6 is 0 Å². The van der Waals surface area contributed by atoms with Crippen LogP contribution in [0.1, 0.15) is 6.42 Å². The maximum Gasteiger partial charge on any atom is 0.160 e. The molecule has 0 aromatic heterocycles. The SMILES string of the molecule is C=C[C@H]1CC([Si](C)(C)N2c3ccccc3Nc3ccccc32)[C@H]2C=CC=C[C@H]21. The number of hydrogen-bond donors (Lipinski definition) is 1. The summed E-state index contributed by atoms with van der Waals surface area (Å²) in [5.41, 5.74) is 5.77. The zero-order valence-electron chi connectivity index (χ0n) is 16.7. The van der Waals surface area contributed by atoms with E-state index in [9.17, 15) is 0 Å². The van der Waals surface area contributed by atoms with Gasteiger partial charge in [0.15, 0.2) is 8.24 Å². The van der Waals surface area contributed by atoms with E-state index >= 15 is 0 Å². The van der Waals surface area contributed by atoms with Gasteiger partial charge in [0.05, 0.1) is 22.7 Å². The Labute approximate surface area is 169 Å². The van der Waals surface area contributed by atoms with Crippen LogP contribution in [0.15, 0.2) is 85.5 Å². The highest BCUT2D eigenvalue weighted by Gasteiger charge is 2.51. The summed E-state index contributed by atoms with van der Waals surface area (Å²) in [6, 6.07) is 17.5. The number of fused-ring (bicyclic) bond motifs is 3. The molecule has 28 heavy (non-hydrogen) atoms. The predicted octanol–water partition coefficient (Wildman–Crippen LogP) is 7.02. The van der Waals surface area contributed by atoms with Gasteiger partial charge in [-0.1, -0.05) is 67.7 Å². The molecular weight excluding hydrogens is 356 g/mol. The third kappa shape index (κ3) is 2.53. The minimum Gasteiger partial charge on any atom is -0.366 e. The number of anilines is 4. The van der Waals surface area contributed by atoms with Gasteiger partial charge in [0.2, 0.25) is 0 Å². The summed E-state index contributed by atoms with van der Waals surface area (Å²) < 4.78 is 2.72. The standard InChI is InChI=1S/C25H28N2Si/c1-4-18-17-25(20-12-6-5-11-19(18)20)28(2,3)27-23-15-9-7-13-21(23)26-22-14-8-10-16-24(22)27/h4-16,18-20,25-26H,1,17H2,2-3H3/t18-,19-,20-,25?/m0/s1. The molecule has 2 nitrogen and oxygen atoms in total. The minimum absolute atomic E-state index is 0.580. The maximum absolute atomic E-state index is 4.17. The van der Waals surface area contributed by atoms with Crippen LogP contribution < -0.4 is 9.88 Å². The van der Waals surface area contributed by atoms with E-state index in [1.807, 2.05) is 0 Å². The lowest BCUT2D eigenvalue weighted by Gasteiger charge is -2.48. The molecule has 3 heteroatoms. The number of benzene rings is 2. The molecule has 2 aromatic carbocycles. The summed E-state index contributed by atoms with van der Waals surface area (Å²) in [4.78, 5) is 0. The van der Waals surface area contributed by atoms with Crippen molar-refractivity contribution in [2.45, 2.75) is 25.1 Å². The van der Waals surface area contributed by atoms with E-state index in [0.717, 1.165) is 0 Å². The zero-order chi connectivity index (χ0) is 19.3. The smallest absolute Gasteiger partial charge is 0.160 e.